The summed E-state index contributed by atoms with van der Waals surface area (Å²) in [5.74, 6) is 1.78. The Morgan fingerprint density at radius 3 is 2.71 bits per heavy atom. The minimum absolute atomic E-state index is 0.208. The second kappa shape index (κ2) is 5.38. The maximum absolute atomic E-state index is 11.2. The van der Waals surface area contributed by atoms with E-state index >= 15 is 0 Å². The molecule has 2 nitrogen and oxygen atoms in total. The molecule has 1 rings (SSSR count). The van der Waals surface area contributed by atoms with Crippen LogP contribution in [0.15, 0.2) is 0 Å². The van der Waals surface area contributed by atoms with Crippen LogP contribution in [0.5, 0.6) is 0 Å². The number of hydrogen-bond acceptors (Lipinski definition) is 1. The number of rotatable bonds is 3. The quantitative estimate of drug-likeness (QED) is 0.740. The van der Waals surface area contributed by atoms with Gasteiger partial charge in [-0.15, -0.1) is 0 Å². The first-order chi connectivity index (χ1) is 6.63. The molecule has 1 aliphatic rings. The molecule has 2 heteroatoms. The maximum Gasteiger partial charge on any atom is 0.219 e. The van der Waals surface area contributed by atoms with Crippen molar-refractivity contribution in [2.24, 2.45) is 11.8 Å². The normalized spacial score (nSPS) is 27.7. The zero-order chi connectivity index (χ0) is 10.6. The minimum atomic E-state index is 0.208. The van der Waals surface area contributed by atoms with Gasteiger partial charge >= 0.3 is 0 Å². The Morgan fingerprint density at radius 1 is 1.43 bits per heavy atom. The second-order valence-electron chi connectivity index (χ2n) is 4.79. The first-order valence-electron chi connectivity index (χ1n) is 5.92. The minimum Gasteiger partial charge on any atom is -0.353 e. The van der Waals surface area contributed by atoms with Gasteiger partial charge in [0.15, 0.2) is 0 Å². The van der Waals surface area contributed by atoms with Gasteiger partial charge in [-0.05, 0) is 24.7 Å². The summed E-state index contributed by atoms with van der Waals surface area (Å²) in [5.41, 5.74) is 0. The van der Waals surface area contributed by atoms with Gasteiger partial charge in [0, 0.05) is 12.5 Å². The smallest absolute Gasteiger partial charge is 0.219 e. The molecule has 1 amide bonds. The Hall–Kier alpha value is -0.530. The number of nitrogens with one attached hydrogen (secondary N) is 1. The standard InChI is InChI=1S/C12H23NO/c1-4-12(14)13-11-7-5-6-10(8-11)9(2)3/h9-11H,4-8H2,1-3H3,(H,13,14)/t10-,11+/m0/s1. The second-order valence-corrected chi connectivity index (χ2v) is 4.79. The van der Waals surface area contributed by atoms with E-state index in [4.69, 9.17) is 0 Å². The van der Waals surface area contributed by atoms with Crippen LogP contribution in [0.1, 0.15) is 52.9 Å². The van der Waals surface area contributed by atoms with Gasteiger partial charge < -0.3 is 5.32 Å². The fourth-order valence-corrected chi connectivity index (χ4v) is 2.29. The van der Waals surface area contributed by atoms with Crippen LogP contribution >= 0.6 is 0 Å². The molecule has 0 bridgehead atoms. The average molecular weight is 197 g/mol. The van der Waals surface area contributed by atoms with E-state index in [0.717, 1.165) is 11.8 Å². The first-order valence-corrected chi connectivity index (χ1v) is 5.92. The molecule has 0 aromatic carbocycles. The molecule has 0 aromatic heterocycles. The summed E-state index contributed by atoms with van der Waals surface area (Å²) in [4.78, 5) is 11.2. The number of amides is 1. The highest BCUT2D eigenvalue weighted by Crippen LogP contribution is 2.29. The molecule has 1 saturated carbocycles. The lowest BCUT2D eigenvalue weighted by Crippen LogP contribution is -2.38. The van der Waals surface area contributed by atoms with Crippen LogP contribution < -0.4 is 5.32 Å². The Kier molecular flexibility index (Phi) is 4.43. The van der Waals surface area contributed by atoms with Crippen LogP contribution in [-0.2, 0) is 4.79 Å². The highest BCUT2D eigenvalue weighted by Gasteiger charge is 2.24. The Labute approximate surface area is 87.5 Å². The van der Waals surface area contributed by atoms with Crippen LogP contribution in [0, 0.1) is 11.8 Å². The highest BCUT2D eigenvalue weighted by atomic mass is 16.1. The molecule has 82 valence electrons. The molecule has 14 heavy (non-hydrogen) atoms. The summed E-state index contributed by atoms with van der Waals surface area (Å²) in [6, 6.07) is 0.448. The third kappa shape index (κ3) is 3.32. The summed E-state index contributed by atoms with van der Waals surface area (Å²) in [5, 5.41) is 3.11. The van der Waals surface area contributed by atoms with Crippen LogP contribution in [0.4, 0.5) is 0 Å². The van der Waals surface area contributed by atoms with Gasteiger partial charge in [-0.3, -0.25) is 4.79 Å². The lowest BCUT2D eigenvalue weighted by Gasteiger charge is -2.32. The molecule has 0 aromatic rings. The lowest BCUT2D eigenvalue weighted by molar-refractivity contribution is -0.121. The number of carbonyl (C=O) groups is 1. The zero-order valence-corrected chi connectivity index (χ0v) is 9.68. The van der Waals surface area contributed by atoms with Gasteiger partial charge in [-0.2, -0.15) is 0 Å². The Balaban J connectivity index is 2.36. The largest absolute Gasteiger partial charge is 0.353 e. The molecule has 2 atom stereocenters. The van der Waals surface area contributed by atoms with E-state index in [9.17, 15) is 4.79 Å². The van der Waals surface area contributed by atoms with Crippen molar-refractivity contribution in [3.63, 3.8) is 0 Å². The van der Waals surface area contributed by atoms with E-state index in [0.29, 0.717) is 12.5 Å². The third-order valence-electron chi connectivity index (χ3n) is 3.34. The van der Waals surface area contributed by atoms with Crippen LogP contribution in [0.3, 0.4) is 0 Å². The van der Waals surface area contributed by atoms with Crippen molar-refractivity contribution in [1.82, 2.24) is 5.32 Å². The molecule has 0 aliphatic heterocycles. The van der Waals surface area contributed by atoms with E-state index in [2.05, 4.69) is 19.2 Å². The first kappa shape index (κ1) is 11.5. The molecule has 0 radical (unpaired) electrons. The molecule has 1 N–H and O–H groups in total. The van der Waals surface area contributed by atoms with E-state index in [-0.39, 0.29) is 5.91 Å². The third-order valence-corrected chi connectivity index (χ3v) is 3.34. The van der Waals surface area contributed by atoms with E-state index in [1.54, 1.807) is 0 Å². The van der Waals surface area contributed by atoms with Gasteiger partial charge in [-0.1, -0.05) is 33.6 Å². The molecule has 0 heterocycles. The molecule has 1 aliphatic carbocycles. The molecule has 1 fully saturated rings. The van der Waals surface area contributed by atoms with E-state index in [1.165, 1.54) is 25.7 Å². The molecular formula is C12H23NO. The van der Waals surface area contributed by atoms with E-state index in [1.807, 2.05) is 6.92 Å². The van der Waals surface area contributed by atoms with Crippen molar-refractivity contribution in [2.45, 2.75) is 58.9 Å². The van der Waals surface area contributed by atoms with Crippen LogP contribution in [-0.4, -0.2) is 11.9 Å². The average Bonchev–Trinajstić information content (AvgIpc) is 2.18. The van der Waals surface area contributed by atoms with Crippen LogP contribution in [0.2, 0.25) is 0 Å². The topological polar surface area (TPSA) is 29.1 Å². The SMILES string of the molecule is CCC(=O)N[C@@H]1CCC[C@H](C(C)C)C1. The molecule has 0 spiro atoms. The maximum atomic E-state index is 11.2. The summed E-state index contributed by atoms with van der Waals surface area (Å²) >= 11 is 0. The van der Waals surface area contributed by atoms with Gasteiger partial charge in [0.25, 0.3) is 0 Å². The predicted molar refractivity (Wildman–Crippen MR) is 59.0 cm³/mol. The van der Waals surface area contributed by atoms with Crippen molar-refractivity contribution < 1.29 is 4.79 Å². The van der Waals surface area contributed by atoms with Gasteiger partial charge in [0.2, 0.25) is 5.91 Å². The Morgan fingerprint density at radius 2 is 2.14 bits per heavy atom. The summed E-state index contributed by atoms with van der Waals surface area (Å²) in [6.45, 7) is 6.49. The van der Waals surface area contributed by atoms with Crippen LogP contribution in [0.25, 0.3) is 0 Å². The molecule has 0 saturated heterocycles. The number of hydrogen-bond donors (Lipinski definition) is 1. The summed E-state index contributed by atoms with van der Waals surface area (Å²) in [7, 11) is 0. The summed E-state index contributed by atoms with van der Waals surface area (Å²) in [6.07, 6.45) is 5.59. The lowest BCUT2D eigenvalue weighted by atomic mass is 9.79. The van der Waals surface area contributed by atoms with Crippen molar-refractivity contribution in [3.8, 4) is 0 Å². The Bertz CT molecular complexity index is 189. The monoisotopic (exact) mass is 197 g/mol. The van der Waals surface area contributed by atoms with E-state index < -0.39 is 0 Å². The number of carbonyl (C=O) groups excluding carboxylic acids is 1. The molecular weight excluding hydrogens is 174 g/mol. The van der Waals surface area contributed by atoms with Crippen molar-refractivity contribution in [1.29, 1.82) is 0 Å². The fourth-order valence-electron chi connectivity index (χ4n) is 2.29. The summed E-state index contributed by atoms with van der Waals surface area (Å²) < 4.78 is 0. The van der Waals surface area contributed by atoms with Crippen molar-refractivity contribution in [2.75, 3.05) is 0 Å². The predicted octanol–water partition coefficient (Wildman–Crippen LogP) is 2.73. The van der Waals surface area contributed by atoms with Crippen molar-refractivity contribution >= 4 is 5.91 Å². The van der Waals surface area contributed by atoms with Gasteiger partial charge in [0.05, 0.1) is 0 Å². The molecule has 0 unspecified atom stereocenters. The zero-order valence-electron chi connectivity index (χ0n) is 9.68. The fraction of sp³-hybridized carbons (Fsp3) is 0.917. The van der Waals surface area contributed by atoms with Gasteiger partial charge in [0.1, 0.15) is 0 Å². The van der Waals surface area contributed by atoms with Crippen molar-refractivity contribution in [3.05, 3.63) is 0 Å². The van der Waals surface area contributed by atoms with Gasteiger partial charge in [-0.25, -0.2) is 0 Å². The highest BCUT2D eigenvalue weighted by molar-refractivity contribution is 5.75.